The van der Waals surface area contributed by atoms with Crippen molar-refractivity contribution in [3.8, 4) is 0 Å². The molecule has 19 heavy (non-hydrogen) atoms. The van der Waals surface area contributed by atoms with Gasteiger partial charge in [0.05, 0.1) is 5.69 Å². The van der Waals surface area contributed by atoms with Gasteiger partial charge in [-0.2, -0.15) is 0 Å². The number of nitrogens with one attached hydrogen (secondary N) is 1. The zero-order chi connectivity index (χ0) is 12.8. The summed E-state index contributed by atoms with van der Waals surface area (Å²) in [6.45, 7) is 3.15. The average molecular weight is 270 g/mol. The minimum atomic E-state index is 0.551. The monoisotopic (exact) mass is 270 g/mol. The van der Waals surface area contributed by atoms with Crippen LogP contribution in [-0.2, 0) is 13.0 Å². The molecule has 1 fully saturated rings. The quantitative estimate of drug-likeness (QED) is 0.921. The molecule has 0 saturated heterocycles. The van der Waals surface area contributed by atoms with Crippen LogP contribution >= 0.6 is 11.3 Å². The van der Waals surface area contributed by atoms with Crippen LogP contribution in [0, 0.1) is 6.92 Å². The Morgan fingerprint density at radius 3 is 2.95 bits per heavy atom. The smallest absolute Gasteiger partial charge is 0.101 e. The number of thiazole rings is 1. The Hall–Kier alpha value is -1.19. The third-order valence-corrected chi connectivity index (χ3v) is 5.46. The first-order valence-electron chi connectivity index (χ1n) is 7.08. The highest BCUT2D eigenvalue weighted by molar-refractivity contribution is 7.11. The van der Waals surface area contributed by atoms with Crippen molar-refractivity contribution in [1.82, 2.24) is 10.3 Å². The molecule has 2 aromatic rings. The van der Waals surface area contributed by atoms with E-state index in [1.807, 2.05) is 11.3 Å². The van der Waals surface area contributed by atoms with Gasteiger partial charge in [-0.3, -0.25) is 0 Å². The second kappa shape index (κ2) is 4.43. The van der Waals surface area contributed by atoms with Gasteiger partial charge in [-0.05, 0) is 37.3 Å². The average Bonchev–Trinajstić information content (AvgIpc) is 3.13. The number of benzene rings is 1. The van der Waals surface area contributed by atoms with Gasteiger partial charge in [-0.25, -0.2) is 4.98 Å². The number of rotatable bonds is 4. The van der Waals surface area contributed by atoms with Gasteiger partial charge in [-0.15, -0.1) is 11.3 Å². The molecule has 0 amide bonds. The molecule has 98 valence electrons. The van der Waals surface area contributed by atoms with Gasteiger partial charge in [-0.1, -0.05) is 24.3 Å². The van der Waals surface area contributed by atoms with Crippen LogP contribution in [0.2, 0.25) is 0 Å². The molecule has 1 unspecified atom stereocenters. The Labute approximate surface area is 117 Å². The van der Waals surface area contributed by atoms with Crippen LogP contribution in [0.5, 0.6) is 0 Å². The molecular formula is C16H18N2S. The number of hydrogen-bond acceptors (Lipinski definition) is 3. The number of aryl methyl sites for hydroxylation is 1. The molecule has 1 aromatic heterocycles. The van der Waals surface area contributed by atoms with Crippen molar-refractivity contribution in [3.05, 3.63) is 51.0 Å². The van der Waals surface area contributed by atoms with Crippen molar-refractivity contribution in [2.24, 2.45) is 0 Å². The van der Waals surface area contributed by atoms with Crippen molar-refractivity contribution < 1.29 is 0 Å². The maximum Gasteiger partial charge on any atom is 0.101 e. The molecule has 1 atom stereocenters. The SMILES string of the molecule is Cc1nc(C2Cc3ccccc32)sc1CNC1CC1. The second-order valence-corrected chi connectivity index (χ2v) is 6.79. The molecule has 0 bridgehead atoms. The third kappa shape index (κ3) is 2.11. The minimum absolute atomic E-state index is 0.551. The van der Waals surface area contributed by atoms with Crippen LogP contribution in [0.1, 0.15) is 45.5 Å². The van der Waals surface area contributed by atoms with Gasteiger partial charge in [0, 0.05) is 23.4 Å². The fourth-order valence-corrected chi connectivity index (χ4v) is 3.90. The number of fused-ring (bicyclic) bond motifs is 1. The van der Waals surface area contributed by atoms with E-state index in [0.717, 1.165) is 12.6 Å². The molecule has 2 nitrogen and oxygen atoms in total. The zero-order valence-electron chi connectivity index (χ0n) is 11.1. The van der Waals surface area contributed by atoms with Gasteiger partial charge in [0.25, 0.3) is 0 Å². The van der Waals surface area contributed by atoms with E-state index < -0.39 is 0 Å². The van der Waals surface area contributed by atoms with Crippen molar-refractivity contribution in [1.29, 1.82) is 0 Å². The first kappa shape index (κ1) is 11.6. The molecule has 1 N–H and O–H groups in total. The van der Waals surface area contributed by atoms with E-state index in [1.54, 1.807) is 0 Å². The third-order valence-electron chi connectivity index (χ3n) is 4.19. The first-order valence-corrected chi connectivity index (χ1v) is 7.90. The van der Waals surface area contributed by atoms with Gasteiger partial charge >= 0.3 is 0 Å². The largest absolute Gasteiger partial charge is 0.309 e. The highest BCUT2D eigenvalue weighted by atomic mass is 32.1. The van der Waals surface area contributed by atoms with Crippen LogP contribution in [0.25, 0.3) is 0 Å². The Bertz CT molecular complexity index is 613. The zero-order valence-corrected chi connectivity index (χ0v) is 12.0. The molecule has 0 spiro atoms. The summed E-state index contributed by atoms with van der Waals surface area (Å²) in [6.07, 6.45) is 3.86. The van der Waals surface area contributed by atoms with Gasteiger partial charge < -0.3 is 5.32 Å². The predicted octanol–water partition coefficient (Wildman–Crippen LogP) is 3.39. The van der Waals surface area contributed by atoms with E-state index >= 15 is 0 Å². The van der Waals surface area contributed by atoms with E-state index in [1.165, 1.54) is 46.0 Å². The number of hydrogen-bond donors (Lipinski definition) is 1. The second-order valence-electron chi connectivity index (χ2n) is 5.67. The lowest BCUT2D eigenvalue weighted by Crippen LogP contribution is -2.17. The predicted molar refractivity (Wildman–Crippen MR) is 78.7 cm³/mol. The van der Waals surface area contributed by atoms with Crippen LogP contribution in [0.15, 0.2) is 24.3 Å². The Balaban J connectivity index is 1.54. The van der Waals surface area contributed by atoms with Gasteiger partial charge in [0.15, 0.2) is 0 Å². The van der Waals surface area contributed by atoms with E-state index in [9.17, 15) is 0 Å². The van der Waals surface area contributed by atoms with Crippen molar-refractivity contribution in [3.63, 3.8) is 0 Å². The minimum Gasteiger partial charge on any atom is -0.309 e. The number of aromatic nitrogens is 1. The van der Waals surface area contributed by atoms with Crippen molar-refractivity contribution in [2.45, 2.75) is 44.7 Å². The number of nitrogens with zero attached hydrogens (tertiary/aromatic N) is 1. The normalized spacial score (nSPS) is 21.0. The van der Waals surface area contributed by atoms with Gasteiger partial charge in [0.2, 0.25) is 0 Å². The summed E-state index contributed by atoms with van der Waals surface area (Å²) in [6, 6.07) is 9.53. The van der Waals surface area contributed by atoms with Crippen LogP contribution < -0.4 is 5.32 Å². The summed E-state index contributed by atoms with van der Waals surface area (Å²) in [5, 5.41) is 4.90. The molecule has 2 aliphatic rings. The van der Waals surface area contributed by atoms with E-state index in [0.29, 0.717) is 5.92 Å². The Morgan fingerprint density at radius 2 is 2.16 bits per heavy atom. The molecule has 4 rings (SSSR count). The first-order chi connectivity index (χ1) is 9.31. The lowest BCUT2D eigenvalue weighted by Gasteiger charge is -2.28. The molecule has 0 aliphatic heterocycles. The maximum absolute atomic E-state index is 4.81. The molecule has 2 aliphatic carbocycles. The van der Waals surface area contributed by atoms with Gasteiger partial charge in [0.1, 0.15) is 5.01 Å². The van der Waals surface area contributed by atoms with E-state index in [-0.39, 0.29) is 0 Å². The molecule has 1 heterocycles. The van der Waals surface area contributed by atoms with Crippen molar-refractivity contribution in [2.75, 3.05) is 0 Å². The lowest BCUT2D eigenvalue weighted by atomic mass is 9.78. The summed E-state index contributed by atoms with van der Waals surface area (Å²) in [5.74, 6) is 0.551. The Morgan fingerprint density at radius 1 is 1.32 bits per heavy atom. The van der Waals surface area contributed by atoms with Crippen molar-refractivity contribution >= 4 is 11.3 Å². The molecule has 1 aromatic carbocycles. The molecule has 3 heteroatoms. The molecule has 1 saturated carbocycles. The summed E-state index contributed by atoms with van der Waals surface area (Å²) in [7, 11) is 0. The summed E-state index contributed by atoms with van der Waals surface area (Å²) < 4.78 is 0. The van der Waals surface area contributed by atoms with Crippen LogP contribution in [-0.4, -0.2) is 11.0 Å². The lowest BCUT2D eigenvalue weighted by molar-refractivity contribution is 0.689. The van der Waals surface area contributed by atoms with Crippen LogP contribution in [0.4, 0.5) is 0 Å². The summed E-state index contributed by atoms with van der Waals surface area (Å²) in [4.78, 5) is 6.23. The fraction of sp³-hybridized carbons (Fsp3) is 0.438. The van der Waals surface area contributed by atoms with E-state index in [4.69, 9.17) is 4.98 Å². The fourth-order valence-electron chi connectivity index (χ4n) is 2.77. The maximum atomic E-state index is 4.81. The molecular weight excluding hydrogens is 252 g/mol. The topological polar surface area (TPSA) is 24.9 Å². The summed E-state index contributed by atoms with van der Waals surface area (Å²) in [5.41, 5.74) is 4.20. The van der Waals surface area contributed by atoms with Crippen LogP contribution in [0.3, 0.4) is 0 Å². The summed E-state index contributed by atoms with van der Waals surface area (Å²) >= 11 is 1.90. The highest BCUT2D eigenvalue weighted by Crippen LogP contribution is 2.42. The molecule has 0 radical (unpaired) electrons. The highest BCUT2D eigenvalue weighted by Gasteiger charge is 2.30. The van der Waals surface area contributed by atoms with E-state index in [2.05, 4.69) is 36.5 Å². The standard InChI is InChI=1S/C16H18N2S/c1-10-15(9-17-12-6-7-12)19-16(18-10)14-8-11-4-2-3-5-13(11)14/h2-5,12,14,17H,6-9H2,1H3. The Kier molecular flexibility index (Phi) is 2.71.